The van der Waals surface area contributed by atoms with E-state index in [0.29, 0.717) is 6.42 Å². The Kier molecular flexibility index (Phi) is 5.19. The van der Waals surface area contributed by atoms with Crippen LogP contribution in [0.3, 0.4) is 0 Å². The van der Waals surface area contributed by atoms with Crippen LogP contribution in [0.1, 0.15) is 40.5 Å². The van der Waals surface area contributed by atoms with Gasteiger partial charge in [-0.2, -0.15) is 0 Å². The second kappa shape index (κ2) is 5.98. The van der Waals surface area contributed by atoms with Crippen molar-refractivity contribution in [1.29, 1.82) is 0 Å². The molecule has 1 aliphatic rings. The lowest BCUT2D eigenvalue weighted by molar-refractivity contribution is -0.160. The van der Waals surface area contributed by atoms with E-state index in [4.69, 9.17) is 4.43 Å². The average Bonchev–Trinajstić information content (AvgIpc) is 2.30. The molecular formula is C15H29NO3Si. The standard InChI is InChI=1S/C15H29NO3Si/c1-11(19-20(6,7)15(2,3)4)13-12(9-8-10-17)16(5)14(13)18/h10-13H,8-9H2,1-7H3/t11-,12-,13-/m1/s1. The van der Waals surface area contributed by atoms with Crippen molar-refractivity contribution in [3.8, 4) is 0 Å². The van der Waals surface area contributed by atoms with Crippen LogP contribution in [0.15, 0.2) is 0 Å². The first kappa shape index (κ1) is 17.4. The topological polar surface area (TPSA) is 46.6 Å². The molecule has 1 saturated heterocycles. The maximum atomic E-state index is 12.1. The molecule has 116 valence electrons. The molecule has 20 heavy (non-hydrogen) atoms. The zero-order valence-electron chi connectivity index (χ0n) is 13.9. The molecule has 0 unspecified atom stereocenters. The van der Waals surface area contributed by atoms with Crippen LogP contribution >= 0.6 is 0 Å². The van der Waals surface area contributed by atoms with E-state index in [1.165, 1.54) is 0 Å². The molecule has 0 N–H and O–H groups in total. The smallest absolute Gasteiger partial charge is 0.230 e. The lowest BCUT2D eigenvalue weighted by Crippen LogP contribution is -2.64. The van der Waals surface area contributed by atoms with Gasteiger partial charge in [0.05, 0.1) is 12.0 Å². The predicted octanol–water partition coefficient (Wildman–Crippen LogP) is 2.83. The average molecular weight is 299 g/mol. The zero-order chi connectivity index (χ0) is 15.7. The summed E-state index contributed by atoms with van der Waals surface area (Å²) < 4.78 is 6.34. The monoisotopic (exact) mass is 299 g/mol. The molecule has 0 aromatic rings. The maximum Gasteiger partial charge on any atom is 0.230 e. The van der Waals surface area contributed by atoms with Crippen LogP contribution in [0.25, 0.3) is 0 Å². The Hall–Kier alpha value is -0.683. The van der Waals surface area contributed by atoms with Crippen LogP contribution in [0.4, 0.5) is 0 Å². The first-order chi connectivity index (χ1) is 9.03. The van der Waals surface area contributed by atoms with Crippen LogP contribution < -0.4 is 0 Å². The van der Waals surface area contributed by atoms with Gasteiger partial charge in [0.25, 0.3) is 0 Å². The molecule has 1 heterocycles. The molecule has 1 fully saturated rings. The molecule has 4 nitrogen and oxygen atoms in total. The van der Waals surface area contributed by atoms with Crippen molar-refractivity contribution in [2.75, 3.05) is 7.05 Å². The summed E-state index contributed by atoms with van der Waals surface area (Å²) in [7, 11) is -0.0530. The number of rotatable bonds is 6. The minimum absolute atomic E-state index is 0.0729. The van der Waals surface area contributed by atoms with Gasteiger partial charge in [-0.15, -0.1) is 0 Å². The van der Waals surface area contributed by atoms with Crippen molar-refractivity contribution in [2.24, 2.45) is 5.92 Å². The third kappa shape index (κ3) is 3.31. The maximum absolute atomic E-state index is 12.1. The van der Waals surface area contributed by atoms with Crippen LogP contribution in [-0.2, 0) is 14.0 Å². The number of carbonyl (C=O) groups excluding carboxylic acids is 2. The number of amides is 1. The van der Waals surface area contributed by atoms with E-state index in [1.807, 2.05) is 14.0 Å². The van der Waals surface area contributed by atoms with E-state index in [0.717, 1.165) is 12.7 Å². The Morgan fingerprint density at radius 3 is 2.40 bits per heavy atom. The van der Waals surface area contributed by atoms with Crippen molar-refractivity contribution in [2.45, 2.75) is 70.8 Å². The van der Waals surface area contributed by atoms with E-state index in [9.17, 15) is 9.59 Å². The summed E-state index contributed by atoms with van der Waals surface area (Å²) in [4.78, 5) is 24.4. The summed E-state index contributed by atoms with van der Waals surface area (Å²) in [6.07, 6.45) is 2.09. The van der Waals surface area contributed by atoms with Gasteiger partial charge in [-0.25, -0.2) is 0 Å². The molecule has 0 saturated carbocycles. The lowest BCUT2D eigenvalue weighted by Gasteiger charge is -2.50. The molecule has 0 bridgehead atoms. The number of β-lactam (4-membered cyclic amide) rings is 1. The number of nitrogens with zero attached hydrogens (tertiary/aromatic N) is 1. The molecule has 1 rings (SSSR count). The first-order valence-corrected chi connectivity index (χ1v) is 10.3. The SMILES string of the molecule is C[C@@H](O[Si](C)(C)C(C)(C)C)[C@H]1C(=O)N(C)[C@@H]1CCC=O. The number of carbonyl (C=O) groups is 2. The third-order valence-electron chi connectivity index (χ3n) is 4.92. The molecule has 5 heteroatoms. The van der Waals surface area contributed by atoms with Crippen LogP contribution in [0, 0.1) is 5.92 Å². The molecule has 0 aromatic carbocycles. The van der Waals surface area contributed by atoms with Gasteiger partial charge >= 0.3 is 0 Å². The minimum atomic E-state index is -1.87. The molecule has 0 spiro atoms. The van der Waals surface area contributed by atoms with Crippen LogP contribution in [0.5, 0.6) is 0 Å². The quantitative estimate of drug-likeness (QED) is 0.430. The van der Waals surface area contributed by atoms with Gasteiger partial charge in [0.1, 0.15) is 6.29 Å². The Balaban J connectivity index is 2.73. The van der Waals surface area contributed by atoms with Crippen LogP contribution in [-0.4, -0.2) is 44.6 Å². The van der Waals surface area contributed by atoms with Crippen molar-refractivity contribution < 1.29 is 14.0 Å². The summed E-state index contributed by atoms with van der Waals surface area (Å²) in [6.45, 7) is 13.0. The molecule has 0 aliphatic carbocycles. The Morgan fingerprint density at radius 2 is 1.95 bits per heavy atom. The second-order valence-corrected chi connectivity index (χ2v) is 12.1. The van der Waals surface area contributed by atoms with Crippen molar-refractivity contribution in [3.63, 3.8) is 0 Å². The normalized spacial score (nSPS) is 25.4. The largest absolute Gasteiger partial charge is 0.413 e. The Bertz CT molecular complexity index is 376. The fourth-order valence-electron chi connectivity index (χ4n) is 2.56. The second-order valence-electron chi connectivity index (χ2n) is 7.37. The fraction of sp³-hybridized carbons (Fsp3) is 0.867. The molecule has 1 aliphatic heterocycles. The van der Waals surface area contributed by atoms with Gasteiger partial charge in [-0.3, -0.25) is 4.79 Å². The van der Waals surface area contributed by atoms with Gasteiger partial charge in [0, 0.05) is 19.5 Å². The van der Waals surface area contributed by atoms with Gasteiger partial charge in [-0.05, 0) is 31.5 Å². The molecule has 0 radical (unpaired) electrons. The Morgan fingerprint density at radius 1 is 1.40 bits per heavy atom. The van der Waals surface area contributed by atoms with E-state index in [1.54, 1.807) is 4.90 Å². The highest BCUT2D eigenvalue weighted by Crippen LogP contribution is 2.40. The highest BCUT2D eigenvalue weighted by Gasteiger charge is 2.50. The van der Waals surface area contributed by atoms with Gasteiger partial charge in [-0.1, -0.05) is 20.8 Å². The summed E-state index contributed by atoms with van der Waals surface area (Å²) in [6, 6.07) is 0.146. The zero-order valence-corrected chi connectivity index (χ0v) is 14.9. The number of aldehydes is 1. The van der Waals surface area contributed by atoms with Gasteiger partial charge in [0.15, 0.2) is 8.32 Å². The molecule has 0 aromatic heterocycles. The highest BCUT2D eigenvalue weighted by atomic mass is 28.4. The Labute approximate surface area is 124 Å². The fourth-order valence-corrected chi connectivity index (χ4v) is 3.99. The number of likely N-dealkylation sites (tertiary alicyclic amines) is 1. The van der Waals surface area contributed by atoms with E-state index >= 15 is 0 Å². The first-order valence-electron chi connectivity index (χ1n) is 7.41. The van der Waals surface area contributed by atoms with Crippen molar-refractivity contribution >= 4 is 20.5 Å². The minimum Gasteiger partial charge on any atom is -0.413 e. The van der Waals surface area contributed by atoms with E-state index in [2.05, 4.69) is 33.9 Å². The van der Waals surface area contributed by atoms with Crippen molar-refractivity contribution in [3.05, 3.63) is 0 Å². The lowest BCUT2D eigenvalue weighted by atomic mass is 9.81. The number of hydrogen-bond donors (Lipinski definition) is 0. The summed E-state index contributed by atoms with van der Waals surface area (Å²) in [5.41, 5.74) is 0. The van der Waals surface area contributed by atoms with Crippen LogP contribution in [0.2, 0.25) is 18.1 Å². The van der Waals surface area contributed by atoms with Gasteiger partial charge < -0.3 is 14.1 Å². The van der Waals surface area contributed by atoms with Gasteiger partial charge in [0.2, 0.25) is 5.91 Å². The highest BCUT2D eigenvalue weighted by molar-refractivity contribution is 6.74. The predicted molar refractivity (Wildman–Crippen MR) is 83.1 cm³/mol. The van der Waals surface area contributed by atoms with E-state index in [-0.39, 0.29) is 29.0 Å². The summed E-state index contributed by atoms with van der Waals surface area (Å²) in [5.74, 6) is 0.0567. The third-order valence-corrected chi connectivity index (χ3v) is 9.49. The summed E-state index contributed by atoms with van der Waals surface area (Å²) in [5, 5.41) is 0.137. The molecular weight excluding hydrogens is 270 g/mol. The molecule has 1 amide bonds. The summed E-state index contributed by atoms with van der Waals surface area (Å²) >= 11 is 0. The number of hydrogen-bond acceptors (Lipinski definition) is 3. The molecule has 3 atom stereocenters. The van der Waals surface area contributed by atoms with Crippen molar-refractivity contribution in [1.82, 2.24) is 4.90 Å². The van der Waals surface area contributed by atoms with E-state index < -0.39 is 8.32 Å².